The van der Waals surface area contributed by atoms with Crippen LogP contribution in [-0.4, -0.2) is 12.0 Å². The fraction of sp³-hybridized carbons (Fsp3) is 0.364. The van der Waals surface area contributed by atoms with Gasteiger partial charge in [0, 0.05) is 15.0 Å². The van der Waals surface area contributed by atoms with Crippen LogP contribution < -0.4 is 11.1 Å². The van der Waals surface area contributed by atoms with E-state index in [9.17, 15) is 0 Å². The maximum Gasteiger partial charge on any atom is 0.193 e. The molecule has 0 heterocycles. The standard InChI is InChI=1S/C11H15Br2N3/c1-6(2)15-11(14)16-10-8(12)4-7(3)5-9(10)13/h4-6H,1-3H3,(H3,14,15,16). The zero-order valence-electron chi connectivity index (χ0n) is 9.51. The van der Waals surface area contributed by atoms with Crippen molar-refractivity contribution >= 4 is 43.5 Å². The van der Waals surface area contributed by atoms with Crippen LogP contribution >= 0.6 is 31.9 Å². The summed E-state index contributed by atoms with van der Waals surface area (Å²) in [6.07, 6.45) is 0. The summed E-state index contributed by atoms with van der Waals surface area (Å²) in [5.41, 5.74) is 7.85. The number of guanidine groups is 1. The summed E-state index contributed by atoms with van der Waals surface area (Å²) in [5, 5.41) is 3.07. The Labute approximate surface area is 113 Å². The van der Waals surface area contributed by atoms with Crippen LogP contribution in [0.3, 0.4) is 0 Å². The van der Waals surface area contributed by atoms with Gasteiger partial charge < -0.3 is 11.1 Å². The Balaban J connectivity index is 2.98. The lowest BCUT2D eigenvalue weighted by atomic mass is 10.2. The Kier molecular flexibility index (Phi) is 4.80. The number of aryl methyl sites for hydroxylation is 1. The molecule has 3 nitrogen and oxygen atoms in total. The normalized spacial score (nSPS) is 12.0. The van der Waals surface area contributed by atoms with Gasteiger partial charge in [0.05, 0.1) is 5.69 Å². The van der Waals surface area contributed by atoms with Gasteiger partial charge in [0.25, 0.3) is 0 Å². The third-order valence-electron chi connectivity index (χ3n) is 1.84. The van der Waals surface area contributed by atoms with Gasteiger partial charge in [-0.3, -0.25) is 4.99 Å². The fourth-order valence-corrected chi connectivity index (χ4v) is 2.87. The minimum Gasteiger partial charge on any atom is -0.370 e. The Morgan fingerprint density at radius 2 is 1.81 bits per heavy atom. The number of hydrogen-bond donors (Lipinski definition) is 2. The molecular formula is C11H15Br2N3. The molecule has 1 aromatic carbocycles. The minimum absolute atomic E-state index is 0.176. The molecule has 1 rings (SSSR count). The first-order valence-corrected chi connectivity index (χ1v) is 6.54. The van der Waals surface area contributed by atoms with Gasteiger partial charge in [-0.2, -0.15) is 0 Å². The molecular weight excluding hydrogens is 334 g/mol. The van der Waals surface area contributed by atoms with Gasteiger partial charge in [0.15, 0.2) is 5.96 Å². The zero-order chi connectivity index (χ0) is 12.3. The van der Waals surface area contributed by atoms with Crippen LogP contribution in [0, 0.1) is 6.92 Å². The Hall–Kier alpha value is -0.550. The summed E-state index contributed by atoms with van der Waals surface area (Å²) < 4.78 is 1.92. The van der Waals surface area contributed by atoms with E-state index < -0.39 is 0 Å². The largest absolute Gasteiger partial charge is 0.370 e. The third-order valence-corrected chi connectivity index (χ3v) is 3.09. The number of nitrogens with two attached hydrogens (primary N) is 1. The molecule has 0 spiro atoms. The summed E-state index contributed by atoms with van der Waals surface area (Å²) in [7, 11) is 0. The molecule has 5 heteroatoms. The van der Waals surface area contributed by atoms with Crippen molar-refractivity contribution in [3.05, 3.63) is 26.6 Å². The number of rotatable bonds is 2. The van der Waals surface area contributed by atoms with Crippen LogP contribution in [0.4, 0.5) is 5.69 Å². The van der Waals surface area contributed by atoms with Crippen molar-refractivity contribution in [2.45, 2.75) is 26.8 Å². The van der Waals surface area contributed by atoms with E-state index in [-0.39, 0.29) is 6.04 Å². The van der Waals surface area contributed by atoms with Crippen LogP contribution in [0.15, 0.2) is 26.1 Å². The Morgan fingerprint density at radius 1 is 1.31 bits per heavy atom. The molecule has 16 heavy (non-hydrogen) atoms. The van der Waals surface area contributed by atoms with Crippen LogP contribution in [-0.2, 0) is 0 Å². The minimum atomic E-state index is 0.176. The smallest absolute Gasteiger partial charge is 0.193 e. The lowest BCUT2D eigenvalue weighted by Crippen LogP contribution is -2.24. The second kappa shape index (κ2) is 5.68. The van der Waals surface area contributed by atoms with Crippen molar-refractivity contribution in [3.8, 4) is 0 Å². The predicted octanol–water partition coefficient (Wildman–Crippen LogP) is 3.66. The molecule has 3 N–H and O–H groups in total. The fourth-order valence-electron chi connectivity index (χ4n) is 1.26. The van der Waals surface area contributed by atoms with Crippen molar-refractivity contribution in [3.63, 3.8) is 0 Å². The predicted molar refractivity (Wildman–Crippen MR) is 77.0 cm³/mol. The van der Waals surface area contributed by atoms with Crippen molar-refractivity contribution in [1.29, 1.82) is 0 Å². The quantitative estimate of drug-likeness (QED) is 0.633. The zero-order valence-corrected chi connectivity index (χ0v) is 12.7. The maximum atomic E-state index is 5.78. The van der Waals surface area contributed by atoms with Crippen LogP contribution in [0.1, 0.15) is 19.4 Å². The molecule has 0 saturated carbocycles. The topological polar surface area (TPSA) is 50.4 Å². The van der Waals surface area contributed by atoms with Crippen LogP contribution in [0.25, 0.3) is 0 Å². The van der Waals surface area contributed by atoms with Gasteiger partial charge in [-0.15, -0.1) is 0 Å². The van der Waals surface area contributed by atoms with Crippen molar-refractivity contribution < 1.29 is 0 Å². The molecule has 0 aliphatic heterocycles. The second-order valence-corrected chi connectivity index (χ2v) is 5.55. The summed E-state index contributed by atoms with van der Waals surface area (Å²) >= 11 is 6.98. The molecule has 0 aliphatic rings. The second-order valence-electron chi connectivity index (χ2n) is 3.84. The van der Waals surface area contributed by atoms with Gasteiger partial charge in [0.2, 0.25) is 0 Å². The molecule has 0 unspecified atom stereocenters. The average Bonchev–Trinajstić information content (AvgIpc) is 2.09. The molecule has 0 aromatic heterocycles. The van der Waals surface area contributed by atoms with E-state index in [0.29, 0.717) is 5.96 Å². The first kappa shape index (κ1) is 13.5. The number of anilines is 1. The van der Waals surface area contributed by atoms with E-state index >= 15 is 0 Å². The first-order chi connectivity index (χ1) is 7.40. The molecule has 0 saturated heterocycles. The number of halogens is 2. The molecule has 0 bridgehead atoms. The maximum absolute atomic E-state index is 5.78. The highest BCUT2D eigenvalue weighted by Gasteiger charge is 2.07. The summed E-state index contributed by atoms with van der Waals surface area (Å²) in [5.74, 6) is 0.417. The van der Waals surface area contributed by atoms with Crippen molar-refractivity contribution in [2.75, 3.05) is 5.32 Å². The number of nitrogens with zero attached hydrogens (tertiary/aromatic N) is 1. The highest BCUT2D eigenvalue weighted by molar-refractivity contribution is 9.11. The van der Waals surface area contributed by atoms with Gasteiger partial charge >= 0.3 is 0 Å². The molecule has 0 radical (unpaired) electrons. The molecule has 0 fully saturated rings. The van der Waals surface area contributed by atoms with E-state index in [4.69, 9.17) is 5.73 Å². The Morgan fingerprint density at radius 3 is 2.25 bits per heavy atom. The van der Waals surface area contributed by atoms with Crippen molar-refractivity contribution in [1.82, 2.24) is 0 Å². The summed E-state index contributed by atoms with van der Waals surface area (Å²) in [6.45, 7) is 5.99. The summed E-state index contributed by atoms with van der Waals surface area (Å²) in [4.78, 5) is 4.22. The lowest BCUT2D eigenvalue weighted by Gasteiger charge is -2.11. The third kappa shape index (κ3) is 3.79. The highest BCUT2D eigenvalue weighted by atomic mass is 79.9. The van der Waals surface area contributed by atoms with E-state index in [2.05, 4.69) is 42.2 Å². The van der Waals surface area contributed by atoms with Gasteiger partial charge in [-0.05, 0) is 70.3 Å². The van der Waals surface area contributed by atoms with E-state index in [1.807, 2.05) is 32.9 Å². The number of hydrogen-bond acceptors (Lipinski definition) is 1. The molecule has 1 aromatic rings. The molecule has 88 valence electrons. The van der Waals surface area contributed by atoms with E-state index in [0.717, 1.165) is 14.6 Å². The van der Waals surface area contributed by atoms with Crippen LogP contribution in [0.5, 0.6) is 0 Å². The lowest BCUT2D eigenvalue weighted by molar-refractivity contribution is 0.833. The SMILES string of the molecule is Cc1cc(Br)c(NC(N)=NC(C)C)c(Br)c1. The summed E-state index contributed by atoms with van der Waals surface area (Å²) in [6, 6.07) is 4.22. The number of nitrogens with one attached hydrogen (secondary N) is 1. The Bertz CT molecular complexity index is 391. The highest BCUT2D eigenvalue weighted by Crippen LogP contribution is 2.32. The van der Waals surface area contributed by atoms with Gasteiger partial charge in [-0.1, -0.05) is 0 Å². The van der Waals surface area contributed by atoms with Crippen molar-refractivity contribution in [2.24, 2.45) is 10.7 Å². The molecule has 0 atom stereocenters. The molecule has 0 aliphatic carbocycles. The molecule has 0 amide bonds. The van der Waals surface area contributed by atoms with Gasteiger partial charge in [0.1, 0.15) is 0 Å². The van der Waals surface area contributed by atoms with E-state index in [1.165, 1.54) is 5.56 Å². The van der Waals surface area contributed by atoms with Crippen LogP contribution in [0.2, 0.25) is 0 Å². The van der Waals surface area contributed by atoms with E-state index in [1.54, 1.807) is 0 Å². The first-order valence-electron chi connectivity index (χ1n) is 4.96. The average molecular weight is 349 g/mol. The van der Waals surface area contributed by atoms with Gasteiger partial charge in [-0.25, -0.2) is 0 Å². The monoisotopic (exact) mass is 347 g/mol. The number of aliphatic imine (C=N–C) groups is 1. The number of benzene rings is 1.